The lowest BCUT2D eigenvalue weighted by molar-refractivity contribution is 0.102. The number of carbonyl (C=O) groups is 1. The minimum absolute atomic E-state index is 0.278. The molecule has 1 aromatic carbocycles. The van der Waals surface area contributed by atoms with Crippen LogP contribution in [0.1, 0.15) is 54.9 Å². The molecule has 0 spiro atoms. The first-order valence-corrected chi connectivity index (χ1v) is 9.08. The Morgan fingerprint density at radius 1 is 1.15 bits per heavy atom. The highest BCUT2D eigenvalue weighted by molar-refractivity contribution is 7.92. The molecule has 0 bridgehead atoms. The molecule has 0 amide bonds. The maximum Gasteiger partial charge on any atom is 0.177 e. The van der Waals surface area contributed by atoms with Crippen LogP contribution in [0.25, 0.3) is 0 Å². The highest BCUT2D eigenvalue weighted by atomic mass is 32.2. The van der Waals surface area contributed by atoms with Crippen LogP contribution in [0.3, 0.4) is 0 Å². The van der Waals surface area contributed by atoms with E-state index in [9.17, 15) is 13.2 Å². The number of benzene rings is 1. The molecule has 0 saturated heterocycles. The molecule has 0 N–H and O–H groups in total. The van der Waals surface area contributed by atoms with Crippen LogP contribution >= 0.6 is 0 Å². The number of aryl methyl sites for hydroxylation is 1. The van der Waals surface area contributed by atoms with E-state index >= 15 is 0 Å². The molecular formula is C16H22O3S. The Labute approximate surface area is 121 Å². The second-order valence-corrected chi connectivity index (χ2v) is 7.86. The Kier molecular flexibility index (Phi) is 4.97. The smallest absolute Gasteiger partial charge is 0.177 e. The average molecular weight is 294 g/mol. The predicted molar refractivity (Wildman–Crippen MR) is 80.8 cm³/mol. The van der Waals surface area contributed by atoms with E-state index in [-0.39, 0.29) is 16.8 Å². The fraction of sp³-hybridized carbons (Fsp3) is 0.562. The van der Waals surface area contributed by atoms with E-state index in [1.165, 1.54) is 5.56 Å². The van der Waals surface area contributed by atoms with Gasteiger partial charge in [0.25, 0.3) is 0 Å². The standard InChI is InChI=1S/C16H22O3S/c1-2-5-13-8-10-14(11-9-13)16(17)12-20(18,19)15-6-3-4-7-15/h8-11,15H,2-7,12H2,1H3. The Hall–Kier alpha value is -1.16. The quantitative estimate of drug-likeness (QED) is 0.757. The molecule has 2 rings (SSSR count). The summed E-state index contributed by atoms with van der Waals surface area (Å²) in [5.74, 6) is -0.620. The van der Waals surface area contributed by atoms with E-state index in [0.717, 1.165) is 25.7 Å². The van der Waals surface area contributed by atoms with Crippen molar-refractivity contribution < 1.29 is 13.2 Å². The summed E-state index contributed by atoms with van der Waals surface area (Å²) in [6.07, 6.45) is 5.39. The molecule has 110 valence electrons. The number of hydrogen-bond acceptors (Lipinski definition) is 3. The van der Waals surface area contributed by atoms with Gasteiger partial charge in [0, 0.05) is 5.56 Å². The third-order valence-corrected chi connectivity index (χ3v) is 6.11. The van der Waals surface area contributed by atoms with Gasteiger partial charge in [0.2, 0.25) is 0 Å². The maximum absolute atomic E-state index is 12.2. The number of rotatable bonds is 6. The molecule has 1 aliphatic carbocycles. The largest absolute Gasteiger partial charge is 0.293 e. The fourth-order valence-electron chi connectivity index (χ4n) is 2.78. The summed E-state index contributed by atoms with van der Waals surface area (Å²) < 4.78 is 24.3. The molecule has 0 aromatic heterocycles. The van der Waals surface area contributed by atoms with E-state index in [1.54, 1.807) is 12.1 Å². The normalized spacial score (nSPS) is 16.4. The van der Waals surface area contributed by atoms with Crippen molar-refractivity contribution in [2.45, 2.75) is 50.7 Å². The zero-order valence-electron chi connectivity index (χ0n) is 12.0. The van der Waals surface area contributed by atoms with Crippen LogP contribution in [0.15, 0.2) is 24.3 Å². The maximum atomic E-state index is 12.2. The summed E-state index contributed by atoms with van der Waals surface area (Å²) in [6, 6.07) is 7.33. The molecule has 1 fully saturated rings. The molecule has 0 atom stereocenters. The number of Topliss-reactive ketones (excluding diaryl/α,β-unsaturated/α-hetero) is 1. The van der Waals surface area contributed by atoms with Crippen molar-refractivity contribution in [3.63, 3.8) is 0 Å². The third-order valence-electron chi connectivity index (χ3n) is 3.96. The van der Waals surface area contributed by atoms with Crippen molar-refractivity contribution in [1.29, 1.82) is 0 Å². The van der Waals surface area contributed by atoms with Crippen LogP contribution in [-0.4, -0.2) is 25.2 Å². The van der Waals surface area contributed by atoms with Gasteiger partial charge in [-0.2, -0.15) is 0 Å². The summed E-state index contributed by atoms with van der Waals surface area (Å²) in [4.78, 5) is 12.1. The number of carbonyl (C=O) groups excluding carboxylic acids is 1. The second kappa shape index (κ2) is 6.53. The highest BCUT2D eigenvalue weighted by Crippen LogP contribution is 2.25. The summed E-state index contributed by atoms with van der Waals surface area (Å²) in [6.45, 7) is 2.10. The summed E-state index contributed by atoms with van der Waals surface area (Å²) in [5.41, 5.74) is 1.69. The lowest BCUT2D eigenvalue weighted by atomic mass is 10.1. The van der Waals surface area contributed by atoms with Gasteiger partial charge in [-0.15, -0.1) is 0 Å². The topological polar surface area (TPSA) is 51.2 Å². The van der Waals surface area contributed by atoms with Gasteiger partial charge in [-0.3, -0.25) is 4.79 Å². The summed E-state index contributed by atoms with van der Waals surface area (Å²) in [7, 11) is -3.28. The van der Waals surface area contributed by atoms with E-state index in [4.69, 9.17) is 0 Å². The first-order valence-electron chi connectivity index (χ1n) is 7.36. The first kappa shape index (κ1) is 15.2. The molecule has 20 heavy (non-hydrogen) atoms. The van der Waals surface area contributed by atoms with Crippen LogP contribution in [0.4, 0.5) is 0 Å². The van der Waals surface area contributed by atoms with Crippen LogP contribution in [0, 0.1) is 0 Å². The molecule has 0 radical (unpaired) electrons. The van der Waals surface area contributed by atoms with Crippen LogP contribution in [-0.2, 0) is 16.3 Å². The van der Waals surface area contributed by atoms with Gasteiger partial charge in [-0.1, -0.05) is 50.5 Å². The van der Waals surface area contributed by atoms with Gasteiger partial charge in [0.15, 0.2) is 15.6 Å². The first-order chi connectivity index (χ1) is 9.53. The van der Waals surface area contributed by atoms with Crippen LogP contribution < -0.4 is 0 Å². The van der Waals surface area contributed by atoms with E-state index < -0.39 is 9.84 Å². The van der Waals surface area contributed by atoms with Crippen molar-refractivity contribution >= 4 is 15.6 Å². The lowest BCUT2D eigenvalue weighted by Gasteiger charge is -2.10. The van der Waals surface area contributed by atoms with Crippen LogP contribution in [0.2, 0.25) is 0 Å². The summed E-state index contributed by atoms with van der Waals surface area (Å²) >= 11 is 0. The highest BCUT2D eigenvalue weighted by Gasteiger charge is 2.30. The van der Waals surface area contributed by atoms with Gasteiger partial charge < -0.3 is 0 Å². The number of hydrogen-bond donors (Lipinski definition) is 0. The van der Waals surface area contributed by atoms with Crippen molar-refractivity contribution in [2.75, 3.05) is 5.75 Å². The van der Waals surface area contributed by atoms with Gasteiger partial charge >= 0.3 is 0 Å². The molecular weight excluding hydrogens is 272 g/mol. The zero-order chi connectivity index (χ0) is 14.6. The van der Waals surface area contributed by atoms with E-state index in [1.807, 2.05) is 12.1 Å². The Balaban J connectivity index is 2.04. The lowest BCUT2D eigenvalue weighted by Crippen LogP contribution is -2.25. The fourth-order valence-corrected chi connectivity index (χ4v) is 4.60. The average Bonchev–Trinajstić information content (AvgIpc) is 2.94. The van der Waals surface area contributed by atoms with Gasteiger partial charge in [0.1, 0.15) is 5.75 Å². The Bertz CT molecular complexity index is 552. The van der Waals surface area contributed by atoms with E-state index in [0.29, 0.717) is 18.4 Å². The number of sulfone groups is 1. The SMILES string of the molecule is CCCc1ccc(C(=O)CS(=O)(=O)C2CCCC2)cc1. The molecule has 0 aliphatic heterocycles. The third kappa shape index (κ3) is 3.69. The molecule has 4 heteroatoms. The van der Waals surface area contributed by atoms with Crippen molar-refractivity contribution in [3.8, 4) is 0 Å². The van der Waals surface area contributed by atoms with Crippen molar-refractivity contribution in [1.82, 2.24) is 0 Å². The molecule has 1 aromatic rings. The minimum atomic E-state index is -3.28. The molecule has 3 nitrogen and oxygen atoms in total. The van der Waals surface area contributed by atoms with Crippen LogP contribution in [0.5, 0.6) is 0 Å². The second-order valence-electron chi connectivity index (χ2n) is 5.58. The summed E-state index contributed by atoms with van der Waals surface area (Å²) in [5, 5.41) is -0.300. The van der Waals surface area contributed by atoms with Gasteiger partial charge in [0.05, 0.1) is 5.25 Å². The van der Waals surface area contributed by atoms with Gasteiger partial charge in [-0.05, 0) is 24.8 Å². The van der Waals surface area contributed by atoms with E-state index in [2.05, 4.69) is 6.92 Å². The number of ketones is 1. The monoisotopic (exact) mass is 294 g/mol. The molecule has 1 aliphatic rings. The molecule has 1 saturated carbocycles. The zero-order valence-corrected chi connectivity index (χ0v) is 12.8. The van der Waals surface area contributed by atoms with Gasteiger partial charge in [-0.25, -0.2) is 8.42 Å². The predicted octanol–water partition coefficient (Wildman–Crippen LogP) is 3.18. The minimum Gasteiger partial charge on any atom is -0.293 e. The Morgan fingerprint density at radius 3 is 2.30 bits per heavy atom. The van der Waals surface area contributed by atoms with Crippen molar-refractivity contribution in [3.05, 3.63) is 35.4 Å². The molecule has 0 unspecified atom stereocenters. The molecule has 0 heterocycles. The van der Waals surface area contributed by atoms with Crippen molar-refractivity contribution in [2.24, 2.45) is 0 Å². The Morgan fingerprint density at radius 2 is 1.75 bits per heavy atom.